The Hall–Kier alpha value is -2.49. The van der Waals surface area contributed by atoms with Crippen molar-refractivity contribution in [3.63, 3.8) is 0 Å². The van der Waals surface area contributed by atoms with Crippen LogP contribution < -0.4 is 16.0 Å². The largest absolute Gasteiger partial charge is 0.467 e. The number of nitrogens with zero attached hydrogens (tertiary/aromatic N) is 4. The first-order chi connectivity index (χ1) is 12.9. The summed E-state index contributed by atoms with van der Waals surface area (Å²) >= 11 is 1.23. The fourth-order valence-electron chi connectivity index (χ4n) is 2.94. The van der Waals surface area contributed by atoms with Crippen molar-refractivity contribution >= 4 is 29.6 Å². The molecule has 0 aliphatic carbocycles. The van der Waals surface area contributed by atoms with Crippen LogP contribution in [-0.4, -0.2) is 45.0 Å². The van der Waals surface area contributed by atoms with Crippen LogP contribution in [0.15, 0.2) is 28.0 Å². The smallest absolute Gasteiger partial charge is 0.318 e. The molecule has 0 saturated carbocycles. The topological polar surface area (TPSA) is 119 Å². The standard InChI is InChI=1S/C17H24N6O3S/c1-11-5-7-22(8-6-11)16-20-21-17(23(16)10-13-4-3-9-26-13)27-12(2)14(24)19-15(18)25/h3-4,9,11-12H,5-8,10H2,1-2H3,(H3,18,19,24,25)/t12-/m1/s1. The highest BCUT2D eigenvalue weighted by Crippen LogP contribution is 2.29. The lowest BCUT2D eigenvalue weighted by atomic mass is 10.00. The zero-order chi connectivity index (χ0) is 19.4. The second-order valence-corrected chi connectivity index (χ2v) is 8.04. The number of nitrogens with two attached hydrogens (primary N) is 1. The van der Waals surface area contributed by atoms with Gasteiger partial charge in [-0.25, -0.2) is 4.79 Å². The van der Waals surface area contributed by atoms with Crippen LogP contribution in [0, 0.1) is 5.92 Å². The molecule has 0 aromatic carbocycles. The molecule has 1 aliphatic heterocycles. The van der Waals surface area contributed by atoms with Gasteiger partial charge in [0.2, 0.25) is 11.9 Å². The van der Waals surface area contributed by atoms with Gasteiger partial charge in [0, 0.05) is 13.1 Å². The third-order valence-corrected chi connectivity index (χ3v) is 5.64. The monoisotopic (exact) mass is 392 g/mol. The fourth-order valence-corrected chi connectivity index (χ4v) is 3.79. The van der Waals surface area contributed by atoms with Gasteiger partial charge in [-0.2, -0.15) is 0 Å². The number of furan rings is 1. The molecule has 27 heavy (non-hydrogen) atoms. The van der Waals surface area contributed by atoms with E-state index in [2.05, 4.69) is 27.3 Å². The van der Waals surface area contributed by atoms with E-state index in [-0.39, 0.29) is 0 Å². The number of carbonyl (C=O) groups is 2. The molecule has 0 spiro atoms. The van der Waals surface area contributed by atoms with Crippen molar-refractivity contribution in [2.24, 2.45) is 11.7 Å². The lowest BCUT2D eigenvalue weighted by Crippen LogP contribution is -2.39. The van der Waals surface area contributed by atoms with E-state index < -0.39 is 17.2 Å². The second kappa shape index (κ2) is 8.47. The van der Waals surface area contributed by atoms with Crippen LogP contribution in [-0.2, 0) is 11.3 Å². The van der Waals surface area contributed by atoms with Crippen molar-refractivity contribution in [3.05, 3.63) is 24.2 Å². The Bertz CT molecular complexity index is 783. The van der Waals surface area contributed by atoms with Crippen LogP contribution in [0.25, 0.3) is 0 Å². The highest BCUT2D eigenvalue weighted by molar-refractivity contribution is 8.00. The Morgan fingerprint density at radius 3 is 2.78 bits per heavy atom. The van der Waals surface area contributed by atoms with Gasteiger partial charge in [-0.1, -0.05) is 18.7 Å². The summed E-state index contributed by atoms with van der Waals surface area (Å²) in [6.07, 6.45) is 3.83. The minimum absolute atomic E-state index is 0.464. The van der Waals surface area contributed by atoms with Gasteiger partial charge in [0.05, 0.1) is 18.1 Å². The zero-order valence-corrected chi connectivity index (χ0v) is 16.2. The molecule has 3 heterocycles. The summed E-state index contributed by atoms with van der Waals surface area (Å²) < 4.78 is 7.43. The molecule has 9 nitrogen and oxygen atoms in total. The van der Waals surface area contributed by atoms with Crippen molar-refractivity contribution in [1.29, 1.82) is 0 Å². The number of primary amides is 1. The Kier molecular flexibility index (Phi) is 6.04. The minimum Gasteiger partial charge on any atom is -0.467 e. The average Bonchev–Trinajstić information content (AvgIpc) is 3.26. The molecule has 3 N–H and O–H groups in total. The summed E-state index contributed by atoms with van der Waals surface area (Å²) in [5.74, 6) is 1.78. The van der Waals surface area contributed by atoms with Crippen LogP contribution >= 0.6 is 11.8 Å². The number of imide groups is 1. The Labute approximate surface area is 161 Å². The molecule has 2 aromatic rings. The van der Waals surface area contributed by atoms with Gasteiger partial charge in [-0.15, -0.1) is 10.2 Å². The van der Waals surface area contributed by atoms with Crippen molar-refractivity contribution in [1.82, 2.24) is 20.1 Å². The zero-order valence-electron chi connectivity index (χ0n) is 15.4. The molecule has 0 bridgehead atoms. The summed E-state index contributed by atoms with van der Waals surface area (Å²) in [6.45, 7) is 6.25. The van der Waals surface area contributed by atoms with E-state index in [0.717, 1.165) is 37.6 Å². The molecule has 2 aromatic heterocycles. The maximum Gasteiger partial charge on any atom is 0.318 e. The lowest BCUT2D eigenvalue weighted by Gasteiger charge is -2.31. The maximum atomic E-state index is 12.0. The van der Waals surface area contributed by atoms with Gasteiger partial charge in [-0.05, 0) is 37.8 Å². The first kappa shape index (κ1) is 19.3. The van der Waals surface area contributed by atoms with E-state index >= 15 is 0 Å². The molecule has 0 radical (unpaired) electrons. The average molecular weight is 392 g/mol. The third kappa shape index (κ3) is 4.82. The van der Waals surface area contributed by atoms with Crippen molar-refractivity contribution in [2.75, 3.05) is 18.0 Å². The number of amides is 3. The van der Waals surface area contributed by atoms with Gasteiger partial charge < -0.3 is 15.1 Å². The lowest BCUT2D eigenvalue weighted by molar-refractivity contribution is -0.119. The van der Waals surface area contributed by atoms with E-state index in [1.54, 1.807) is 13.2 Å². The van der Waals surface area contributed by atoms with Gasteiger partial charge in [-0.3, -0.25) is 14.7 Å². The summed E-state index contributed by atoms with van der Waals surface area (Å²) in [5.41, 5.74) is 5.03. The van der Waals surface area contributed by atoms with Crippen LogP contribution in [0.5, 0.6) is 0 Å². The van der Waals surface area contributed by atoms with Crippen molar-refractivity contribution in [2.45, 2.75) is 43.6 Å². The minimum atomic E-state index is -0.868. The van der Waals surface area contributed by atoms with Gasteiger partial charge in [0.1, 0.15) is 5.76 Å². The summed E-state index contributed by atoms with van der Waals surface area (Å²) in [7, 11) is 0. The Balaban J connectivity index is 1.82. The molecule has 1 aliphatic rings. The van der Waals surface area contributed by atoms with E-state index in [1.165, 1.54) is 11.8 Å². The number of urea groups is 1. The number of nitrogens with one attached hydrogen (secondary N) is 1. The van der Waals surface area contributed by atoms with E-state index in [0.29, 0.717) is 17.6 Å². The van der Waals surface area contributed by atoms with Crippen LogP contribution in [0.4, 0.5) is 10.7 Å². The fraction of sp³-hybridized carbons (Fsp3) is 0.529. The SMILES string of the molecule is CC1CCN(c2nnc(S[C@H](C)C(=O)NC(N)=O)n2Cc2ccco2)CC1. The number of aromatic nitrogens is 3. The molecule has 3 amide bonds. The molecule has 3 rings (SSSR count). The van der Waals surface area contributed by atoms with E-state index in [4.69, 9.17) is 10.2 Å². The summed E-state index contributed by atoms with van der Waals surface area (Å²) in [6, 6.07) is 2.85. The predicted molar refractivity (Wildman–Crippen MR) is 101 cm³/mol. The van der Waals surface area contributed by atoms with Crippen LogP contribution in [0.2, 0.25) is 0 Å². The highest BCUT2D eigenvalue weighted by atomic mass is 32.2. The number of piperidine rings is 1. The number of carbonyl (C=O) groups excluding carboxylic acids is 2. The molecule has 0 unspecified atom stereocenters. The molecule has 1 fully saturated rings. The summed E-state index contributed by atoms with van der Waals surface area (Å²) in [4.78, 5) is 25.1. The van der Waals surface area contributed by atoms with E-state index in [9.17, 15) is 9.59 Å². The first-order valence-corrected chi connectivity index (χ1v) is 9.79. The molecule has 10 heteroatoms. The Morgan fingerprint density at radius 2 is 2.15 bits per heavy atom. The molecule has 1 atom stereocenters. The predicted octanol–water partition coefficient (Wildman–Crippen LogP) is 1.83. The van der Waals surface area contributed by atoms with Gasteiger partial charge >= 0.3 is 6.03 Å². The van der Waals surface area contributed by atoms with Crippen molar-refractivity contribution in [3.8, 4) is 0 Å². The van der Waals surface area contributed by atoms with Gasteiger partial charge in [0.25, 0.3) is 0 Å². The molecular formula is C17H24N6O3S. The highest BCUT2D eigenvalue weighted by Gasteiger charge is 2.25. The van der Waals surface area contributed by atoms with Crippen LogP contribution in [0.1, 0.15) is 32.4 Å². The molecule has 146 valence electrons. The maximum absolute atomic E-state index is 12.0. The summed E-state index contributed by atoms with van der Waals surface area (Å²) in [5, 5.41) is 10.8. The van der Waals surface area contributed by atoms with Gasteiger partial charge in [0.15, 0.2) is 5.16 Å². The number of thioether (sulfide) groups is 1. The van der Waals surface area contributed by atoms with Crippen molar-refractivity contribution < 1.29 is 14.0 Å². The second-order valence-electron chi connectivity index (χ2n) is 6.73. The molecular weight excluding hydrogens is 368 g/mol. The number of hydrogen-bond donors (Lipinski definition) is 2. The Morgan fingerprint density at radius 1 is 1.41 bits per heavy atom. The number of rotatable bonds is 6. The quantitative estimate of drug-likeness (QED) is 0.720. The first-order valence-electron chi connectivity index (χ1n) is 8.91. The van der Waals surface area contributed by atoms with Crippen LogP contribution in [0.3, 0.4) is 0 Å². The normalized spacial score (nSPS) is 16.3. The van der Waals surface area contributed by atoms with E-state index in [1.807, 2.05) is 16.7 Å². The number of anilines is 1. The molecule has 1 saturated heterocycles. The third-order valence-electron chi connectivity index (χ3n) is 4.56. The number of hydrogen-bond acceptors (Lipinski definition) is 7.